The number of pyridine rings is 1. The van der Waals surface area contributed by atoms with Crippen LogP contribution in [-0.4, -0.2) is 22.0 Å². The molecule has 0 aliphatic carbocycles. The number of aromatic nitrogens is 3. The van der Waals surface area contributed by atoms with E-state index in [2.05, 4.69) is 34.1 Å². The van der Waals surface area contributed by atoms with E-state index in [1.807, 2.05) is 32.3 Å². The number of nitrogens with one attached hydrogen (secondary N) is 1. The molecule has 2 aromatic heterocycles. The van der Waals surface area contributed by atoms with Gasteiger partial charge in [-0.3, -0.25) is 4.98 Å². The minimum atomic E-state index is 0.299. The molecule has 0 bridgehead atoms. The summed E-state index contributed by atoms with van der Waals surface area (Å²) < 4.78 is 0. The second kappa shape index (κ2) is 5.12. The molecule has 0 aliphatic rings. The highest BCUT2D eigenvalue weighted by Crippen LogP contribution is 2.26. The molecule has 0 aromatic carbocycles. The fourth-order valence-corrected chi connectivity index (χ4v) is 1.82. The molecule has 1 N–H and O–H groups in total. The van der Waals surface area contributed by atoms with E-state index >= 15 is 0 Å². The van der Waals surface area contributed by atoms with Crippen molar-refractivity contribution in [2.24, 2.45) is 0 Å². The van der Waals surface area contributed by atoms with Crippen molar-refractivity contribution in [1.82, 2.24) is 15.0 Å². The summed E-state index contributed by atoms with van der Waals surface area (Å²) in [7, 11) is 1.88. The van der Waals surface area contributed by atoms with Crippen molar-refractivity contribution in [3.05, 3.63) is 35.9 Å². The van der Waals surface area contributed by atoms with Gasteiger partial charge in [0.25, 0.3) is 0 Å². The number of hydrogen-bond acceptors (Lipinski definition) is 4. The Balaban J connectivity index is 2.62. The SMILES string of the molecule is CNc1nc(C(C)C)nc(-c2cccnc2)c1C. The molecule has 0 fully saturated rings. The fraction of sp³-hybridized carbons (Fsp3) is 0.357. The van der Waals surface area contributed by atoms with E-state index in [1.54, 1.807) is 6.20 Å². The molecule has 4 heteroatoms. The highest BCUT2D eigenvalue weighted by Gasteiger charge is 2.13. The van der Waals surface area contributed by atoms with Crippen LogP contribution < -0.4 is 5.32 Å². The summed E-state index contributed by atoms with van der Waals surface area (Å²) in [5.41, 5.74) is 3.02. The highest BCUT2D eigenvalue weighted by atomic mass is 15.0. The second-order valence-corrected chi connectivity index (χ2v) is 4.55. The van der Waals surface area contributed by atoms with Crippen LogP contribution in [0.1, 0.15) is 31.2 Å². The number of rotatable bonds is 3. The molecule has 2 rings (SSSR count). The summed E-state index contributed by atoms with van der Waals surface area (Å²) in [5, 5.41) is 3.13. The molecule has 0 saturated heterocycles. The maximum atomic E-state index is 4.66. The van der Waals surface area contributed by atoms with Gasteiger partial charge < -0.3 is 5.32 Å². The maximum Gasteiger partial charge on any atom is 0.133 e. The molecular formula is C14H18N4. The summed E-state index contributed by atoms with van der Waals surface area (Å²) in [6.45, 7) is 6.21. The lowest BCUT2D eigenvalue weighted by Crippen LogP contribution is -2.06. The van der Waals surface area contributed by atoms with Crippen LogP contribution >= 0.6 is 0 Å². The fourth-order valence-electron chi connectivity index (χ4n) is 1.82. The van der Waals surface area contributed by atoms with E-state index in [0.29, 0.717) is 5.92 Å². The summed E-state index contributed by atoms with van der Waals surface area (Å²) in [6, 6.07) is 3.94. The molecule has 18 heavy (non-hydrogen) atoms. The maximum absolute atomic E-state index is 4.66. The predicted molar refractivity (Wildman–Crippen MR) is 73.6 cm³/mol. The van der Waals surface area contributed by atoms with Crippen LogP contribution in [0.2, 0.25) is 0 Å². The average molecular weight is 242 g/mol. The van der Waals surface area contributed by atoms with Gasteiger partial charge in [-0.05, 0) is 19.1 Å². The second-order valence-electron chi connectivity index (χ2n) is 4.55. The smallest absolute Gasteiger partial charge is 0.133 e. The van der Waals surface area contributed by atoms with Crippen LogP contribution in [-0.2, 0) is 0 Å². The van der Waals surface area contributed by atoms with Gasteiger partial charge in [0.15, 0.2) is 0 Å². The lowest BCUT2D eigenvalue weighted by atomic mass is 10.1. The van der Waals surface area contributed by atoms with Gasteiger partial charge in [0.2, 0.25) is 0 Å². The molecule has 0 amide bonds. The van der Waals surface area contributed by atoms with Crippen LogP contribution in [0.5, 0.6) is 0 Å². The Labute approximate surface area is 108 Å². The lowest BCUT2D eigenvalue weighted by Gasteiger charge is -2.13. The summed E-state index contributed by atoms with van der Waals surface area (Å²) >= 11 is 0. The van der Waals surface area contributed by atoms with Gasteiger partial charge in [0.05, 0.1) is 5.69 Å². The number of hydrogen-bond donors (Lipinski definition) is 1. The molecule has 0 spiro atoms. The Morgan fingerprint density at radius 3 is 2.56 bits per heavy atom. The molecule has 2 aromatic rings. The van der Waals surface area contributed by atoms with Crippen LogP contribution in [0.3, 0.4) is 0 Å². The molecule has 2 heterocycles. The molecule has 94 valence electrons. The van der Waals surface area contributed by atoms with Gasteiger partial charge in [-0.25, -0.2) is 9.97 Å². The Morgan fingerprint density at radius 1 is 1.22 bits per heavy atom. The van der Waals surface area contributed by atoms with Crippen LogP contribution in [0, 0.1) is 6.92 Å². The molecule has 0 unspecified atom stereocenters. The number of nitrogens with zero attached hydrogens (tertiary/aromatic N) is 3. The molecule has 0 radical (unpaired) electrons. The first kappa shape index (κ1) is 12.5. The van der Waals surface area contributed by atoms with Crippen LogP contribution in [0.4, 0.5) is 5.82 Å². The topological polar surface area (TPSA) is 50.7 Å². The first-order valence-corrected chi connectivity index (χ1v) is 6.10. The zero-order chi connectivity index (χ0) is 13.1. The average Bonchev–Trinajstić information content (AvgIpc) is 2.39. The monoisotopic (exact) mass is 242 g/mol. The first-order valence-electron chi connectivity index (χ1n) is 6.10. The predicted octanol–water partition coefficient (Wildman–Crippen LogP) is 3.01. The minimum Gasteiger partial charge on any atom is -0.373 e. The Bertz CT molecular complexity index is 535. The molecule has 0 aliphatic heterocycles. The van der Waals surface area contributed by atoms with E-state index in [0.717, 1.165) is 28.5 Å². The third-order valence-corrected chi connectivity index (χ3v) is 2.85. The molecule has 0 saturated carbocycles. The van der Waals surface area contributed by atoms with Crippen molar-refractivity contribution in [3.8, 4) is 11.3 Å². The van der Waals surface area contributed by atoms with Crippen molar-refractivity contribution < 1.29 is 0 Å². The zero-order valence-corrected chi connectivity index (χ0v) is 11.2. The quantitative estimate of drug-likeness (QED) is 0.898. The minimum absolute atomic E-state index is 0.299. The summed E-state index contributed by atoms with van der Waals surface area (Å²) in [5.74, 6) is 2.03. The van der Waals surface area contributed by atoms with Gasteiger partial charge in [0, 0.05) is 36.5 Å². The van der Waals surface area contributed by atoms with Gasteiger partial charge in [-0.15, -0.1) is 0 Å². The van der Waals surface area contributed by atoms with Gasteiger partial charge in [-0.1, -0.05) is 13.8 Å². The van der Waals surface area contributed by atoms with Gasteiger partial charge >= 0.3 is 0 Å². The van der Waals surface area contributed by atoms with Crippen molar-refractivity contribution >= 4 is 5.82 Å². The summed E-state index contributed by atoms with van der Waals surface area (Å²) in [6.07, 6.45) is 3.60. The summed E-state index contributed by atoms with van der Waals surface area (Å²) in [4.78, 5) is 13.3. The van der Waals surface area contributed by atoms with Crippen molar-refractivity contribution in [1.29, 1.82) is 0 Å². The van der Waals surface area contributed by atoms with E-state index < -0.39 is 0 Å². The zero-order valence-electron chi connectivity index (χ0n) is 11.2. The van der Waals surface area contributed by atoms with Crippen molar-refractivity contribution in [2.45, 2.75) is 26.7 Å². The van der Waals surface area contributed by atoms with Crippen LogP contribution in [0.25, 0.3) is 11.3 Å². The third-order valence-electron chi connectivity index (χ3n) is 2.85. The van der Waals surface area contributed by atoms with Crippen molar-refractivity contribution in [3.63, 3.8) is 0 Å². The van der Waals surface area contributed by atoms with E-state index in [1.165, 1.54) is 0 Å². The third kappa shape index (κ3) is 2.32. The Hall–Kier alpha value is -1.97. The first-order chi connectivity index (χ1) is 8.63. The van der Waals surface area contributed by atoms with E-state index in [4.69, 9.17) is 0 Å². The Kier molecular flexibility index (Phi) is 3.55. The molecule has 4 nitrogen and oxygen atoms in total. The standard InChI is InChI=1S/C14H18N4/c1-9(2)13-17-12(10(3)14(15-4)18-13)11-6-5-7-16-8-11/h5-9H,1-4H3,(H,15,17,18). The largest absolute Gasteiger partial charge is 0.373 e. The van der Waals surface area contributed by atoms with Gasteiger partial charge in [-0.2, -0.15) is 0 Å². The Morgan fingerprint density at radius 2 is 2.00 bits per heavy atom. The van der Waals surface area contributed by atoms with Crippen molar-refractivity contribution in [2.75, 3.05) is 12.4 Å². The van der Waals surface area contributed by atoms with E-state index in [9.17, 15) is 0 Å². The lowest BCUT2D eigenvalue weighted by molar-refractivity contribution is 0.775. The normalized spacial score (nSPS) is 10.7. The molecule has 0 atom stereocenters. The molecular weight excluding hydrogens is 224 g/mol. The van der Waals surface area contributed by atoms with Crippen LogP contribution in [0.15, 0.2) is 24.5 Å². The van der Waals surface area contributed by atoms with Gasteiger partial charge in [0.1, 0.15) is 11.6 Å². The number of anilines is 1. The van der Waals surface area contributed by atoms with E-state index in [-0.39, 0.29) is 0 Å². The highest BCUT2D eigenvalue weighted by molar-refractivity contribution is 5.67.